The normalized spacial score (nSPS) is 14.3. The van der Waals surface area contributed by atoms with E-state index in [9.17, 15) is 4.79 Å². The number of hydrogen-bond acceptors (Lipinski definition) is 3. The lowest BCUT2D eigenvalue weighted by molar-refractivity contribution is -0.117. The number of nitrogens with zero attached hydrogens (tertiary/aromatic N) is 1. The van der Waals surface area contributed by atoms with E-state index in [1.54, 1.807) is 4.90 Å². The number of halogens is 1. The van der Waals surface area contributed by atoms with Gasteiger partial charge in [0.1, 0.15) is 0 Å². The number of fused-ring (bicyclic) bond motifs is 1. The Labute approximate surface area is 114 Å². The van der Waals surface area contributed by atoms with Crippen LogP contribution in [0.5, 0.6) is 0 Å². The summed E-state index contributed by atoms with van der Waals surface area (Å²) in [5.41, 5.74) is 1.93. The van der Waals surface area contributed by atoms with Gasteiger partial charge in [0.25, 0.3) is 0 Å². The molecule has 0 bridgehead atoms. The van der Waals surface area contributed by atoms with Gasteiger partial charge in [-0.2, -0.15) is 0 Å². The van der Waals surface area contributed by atoms with Gasteiger partial charge in [-0.05, 0) is 24.3 Å². The standard InChI is InChI=1S/C13H11ClN2OS/c14-12-6-5-9(18-12)8-16-11-4-2-1-3-10(11)15-7-13(16)17/h1-6,15H,7-8H2. The number of carbonyl (C=O) groups excluding carboxylic acids is 1. The zero-order valence-electron chi connectivity index (χ0n) is 9.52. The van der Waals surface area contributed by atoms with Gasteiger partial charge < -0.3 is 10.2 Å². The maximum Gasteiger partial charge on any atom is 0.246 e. The summed E-state index contributed by atoms with van der Waals surface area (Å²) in [5, 5.41) is 3.12. The molecular weight excluding hydrogens is 268 g/mol. The largest absolute Gasteiger partial charge is 0.374 e. The van der Waals surface area contributed by atoms with E-state index in [1.165, 1.54) is 11.3 Å². The van der Waals surface area contributed by atoms with Gasteiger partial charge in [-0.15, -0.1) is 11.3 Å². The zero-order valence-corrected chi connectivity index (χ0v) is 11.1. The first-order valence-corrected chi connectivity index (χ1v) is 6.81. The topological polar surface area (TPSA) is 32.3 Å². The van der Waals surface area contributed by atoms with E-state index in [0.717, 1.165) is 20.6 Å². The molecular formula is C13H11ClN2OS. The summed E-state index contributed by atoms with van der Waals surface area (Å²) in [6.07, 6.45) is 0. The smallest absolute Gasteiger partial charge is 0.246 e. The molecule has 0 spiro atoms. The van der Waals surface area contributed by atoms with E-state index < -0.39 is 0 Å². The Kier molecular flexibility index (Phi) is 2.97. The Balaban J connectivity index is 1.93. The first-order chi connectivity index (χ1) is 8.74. The van der Waals surface area contributed by atoms with Gasteiger partial charge in [0, 0.05) is 4.88 Å². The molecule has 2 aromatic rings. The molecule has 2 heterocycles. The van der Waals surface area contributed by atoms with Crippen LogP contribution in [0.4, 0.5) is 11.4 Å². The van der Waals surface area contributed by atoms with Crippen LogP contribution in [0.25, 0.3) is 0 Å². The zero-order chi connectivity index (χ0) is 12.5. The van der Waals surface area contributed by atoms with Gasteiger partial charge in [-0.3, -0.25) is 4.79 Å². The van der Waals surface area contributed by atoms with E-state index in [2.05, 4.69) is 5.32 Å². The van der Waals surface area contributed by atoms with Crippen molar-refractivity contribution in [2.75, 3.05) is 16.8 Å². The summed E-state index contributed by atoms with van der Waals surface area (Å²) in [7, 11) is 0. The highest BCUT2D eigenvalue weighted by Gasteiger charge is 2.23. The van der Waals surface area contributed by atoms with Crippen LogP contribution in [-0.4, -0.2) is 12.5 Å². The van der Waals surface area contributed by atoms with Gasteiger partial charge in [0.15, 0.2) is 0 Å². The summed E-state index contributed by atoms with van der Waals surface area (Å²) < 4.78 is 0.751. The highest BCUT2D eigenvalue weighted by molar-refractivity contribution is 7.16. The Morgan fingerprint density at radius 3 is 2.89 bits per heavy atom. The highest BCUT2D eigenvalue weighted by atomic mass is 35.5. The van der Waals surface area contributed by atoms with Crippen molar-refractivity contribution in [2.45, 2.75) is 6.54 Å². The number of hydrogen-bond donors (Lipinski definition) is 1. The summed E-state index contributed by atoms with van der Waals surface area (Å²) in [6.45, 7) is 0.922. The number of carbonyl (C=O) groups is 1. The first kappa shape index (κ1) is 11.6. The summed E-state index contributed by atoms with van der Waals surface area (Å²) >= 11 is 7.43. The maximum atomic E-state index is 12.0. The third-order valence-corrected chi connectivity index (χ3v) is 4.08. The van der Waals surface area contributed by atoms with Crippen molar-refractivity contribution in [1.29, 1.82) is 0 Å². The van der Waals surface area contributed by atoms with Gasteiger partial charge in [-0.1, -0.05) is 23.7 Å². The molecule has 1 aliphatic heterocycles. The number of para-hydroxylation sites is 2. The summed E-state index contributed by atoms with van der Waals surface area (Å²) in [5.74, 6) is 0.0817. The number of nitrogens with one attached hydrogen (secondary N) is 1. The predicted molar refractivity (Wildman–Crippen MR) is 75.5 cm³/mol. The van der Waals surface area contributed by atoms with Crippen molar-refractivity contribution < 1.29 is 4.79 Å². The molecule has 0 saturated heterocycles. The first-order valence-electron chi connectivity index (χ1n) is 5.61. The van der Waals surface area contributed by atoms with Crippen LogP contribution in [0.2, 0.25) is 4.34 Å². The number of amides is 1. The minimum Gasteiger partial charge on any atom is -0.374 e. The Morgan fingerprint density at radius 2 is 2.11 bits per heavy atom. The molecule has 0 aliphatic carbocycles. The van der Waals surface area contributed by atoms with Gasteiger partial charge in [-0.25, -0.2) is 0 Å². The minimum absolute atomic E-state index is 0.0817. The van der Waals surface area contributed by atoms with Crippen molar-refractivity contribution in [2.24, 2.45) is 0 Å². The second-order valence-electron chi connectivity index (χ2n) is 4.06. The van der Waals surface area contributed by atoms with Crippen molar-refractivity contribution in [3.8, 4) is 0 Å². The fraction of sp³-hybridized carbons (Fsp3) is 0.154. The Bertz CT molecular complexity index is 596. The van der Waals surface area contributed by atoms with Crippen LogP contribution in [0.1, 0.15) is 4.88 Å². The van der Waals surface area contributed by atoms with Crippen LogP contribution in [-0.2, 0) is 11.3 Å². The molecule has 0 radical (unpaired) electrons. The molecule has 92 valence electrons. The molecule has 0 unspecified atom stereocenters. The van der Waals surface area contributed by atoms with Crippen LogP contribution < -0.4 is 10.2 Å². The molecule has 0 saturated carbocycles. The third-order valence-electron chi connectivity index (χ3n) is 2.87. The lowest BCUT2D eigenvalue weighted by atomic mass is 10.2. The lowest BCUT2D eigenvalue weighted by Gasteiger charge is -2.29. The quantitative estimate of drug-likeness (QED) is 0.914. The van der Waals surface area contributed by atoms with E-state index in [-0.39, 0.29) is 5.91 Å². The minimum atomic E-state index is 0.0817. The van der Waals surface area contributed by atoms with Gasteiger partial charge in [0.05, 0.1) is 28.8 Å². The molecule has 1 aromatic carbocycles. The second-order valence-corrected chi connectivity index (χ2v) is 5.86. The van der Waals surface area contributed by atoms with Crippen LogP contribution >= 0.6 is 22.9 Å². The molecule has 18 heavy (non-hydrogen) atoms. The van der Waals surface area contributed by atoms with Gasteiger partial charge >= 0.3 is 0 Å². The SMILES string of the molecule is O=C1CNc2ccccc2N1Cc1ccc(Cl)s1. The fourth-order valence-electron chi connectivity index (χ4n) is 2.03. The number of anilines is 2. The molecule has 0 fully saturated rings. The third kappa shape index (κ3) is 2.09. The molecule has 3 rings (SSSR count). The molecule has 1 aliphatic rings. The van der Waals surface area contributed by atoms with Crippen molar-refractivity contribution in [3.63, 3.8) is 0 Å². The monoisotopic (exact) mass is 278 g/mol. The Morgan fingerprint density at radius 1 is 1.28 bits per heavy atom. The van der Waals surface area contributed by atoms with Crippen molar-refractivity contribution >= 4 is 40.2 Å². The molecule has 1 amide bonds. The average molecular weight is 279 g/mol. The highest BCUT2D eigenvalue weighted by Crippen LogP contribution is 2.32. The maximum absolute atomic E-state index is 12.0. The lowest BCUT2D eigenvalue weighted by Crippen LogP contribution is -2.39. The summed E-state index contributed by atoms with van der Waals surface area (Å²) in [4.78, 5) is 14.9. The van der Waals surface area contributed by atoms with E-state index in [4.69, 9.17) is 11.6 Å². The van der Waals surface area contributed by atoms with E-state index in [1.807, 2.05) is 36.4 Å². The van der Waals surface area contributed by atoms with Crippen molar-refractivity contribution in [1.82, 2.24) is 0 Å². The van der Waals surface area contributed by atoms with Crippen LogP contribution in [0.3, 0.4) is 0 Å². The Hall–Kier alpha value is -1.52. The summed E-state index contributed by atoms with van der Waals surface area (Å²) in [6, 6.07) is 11.7. The molecule has 1 aromatic heterocycles. The van der Waals surface area contributed by atoms with E-state index in [0.29, 0.717) is 13.1 Å². The fourth-order valence-corrected chi connectivity index (χ4v) is 3.10. The number of rotatable bonds is 2. The molecule has 3 nitrogen and oxygen atoms in total. The number of benzene rings is 1. The molecule has 1 N–H and O–H groups in total. The predicted octanol–water partition coefficient (Wildman–Crippen LogP) is 3.36. The van der Waals surface area contributed by atoms with Crippen LogP contribution in [0, 0.1) is 0 Å². The average Bonchev–Trinajstić information content (AvgIpc) is 2.79. The van der Waals surface area contributed by atoms with Crippen molar-refractivity contribution in [3.05, 3.63) is 45.6 Å². The van der Waals surface area contributed by atoms with Gasteiger partial charge in [0.2, 0.25) is 5.91 Å². The molecule has 5 heteroatoms. The molecule has 0 atom stereocenters. The second kappa shape index (κ2) is 4.63. The van der Waals surface area contributed by atoms with E-state index >= 15 is 0 Å². The van der Waals surface area contributed by atoms with Crippen LogP contribution in [0.15, 0.2) is 36.4 Å². The number of thiophene rings is 1.